The predicted octanol–water partition coefficient (Wildman–Crippen LogP) is 1.07. The Morgan fingerprint density at radius 1 is 1.45 bits per heavy atom. The molecule has 0 bridgehead atoms. The fourth-order valence-corrected chi connectivity index (χ4v) is 2.77. The van der Waals surface area contributed by atoms with Gasteiger partial charge < -0.3 is 16.2 Å². The van der Waals surface area contributed by atoms with E-state index in [4.69, 9.17) is 10.8 Å². The summed E-state index contributed by atoms with van der Waals surface area (Å²) in [5.74, 6) is -2.20. The highest BCUT2D eigenvalue weighted by molar-refractivity contribution is 7.14. The molecule has 1 rings (SSSR count). The summed E-state index contributed by atoms with van der Waals surface area (Å²) in [6.07, 6.45) is 0.724. The maximum Gasteiger partial charge on any atom is 0.326 e. The molecule has 4 N–H and O–H groups in total. The van der Waals surface area contributed by atoms with Crippen molar-refractivity contribution >= 4 is 29.1 Å². The van der Waals surface area contributed by atoms with Crippen molar-refractivity contribution in [1.82, 2.24) is 5.32 Å². The molecule has 20 heavy (non-hydrogen) atoms. The van der Waals surface area contributed by atoms with Crippen LogP contribution >= 0.6 is 11.3 Å². The van der Waals surface area contributed by atoms with Crippen molar-refractivity contribution in [1.29, 1.82) is 0 Å². The molecule has 1 aromatic rings. The summed E-state index contributed by atoms with van der Waals surface area (Å²) in [4.78, 5) is 35.3. The van der Waals surface area contributed by atoms with E-state index in [-0.39, 0.29) is 12.8 Å². The van der Waals surface area contributed by atoms with Crippen LogP contribution in [-0.2, 0) is 16.0 Å². The minimum Gasteiger partial charge on any atom is -0.480 e. The number of rotatable bonds is 7. The molecule has 0 aromatic carbocycles. The number of thiophene rings is 1. The van der Waals surface area contributed by atoms with Crippen LogP contribution in [0.15, 0.2) is 6.07 Å². The number of carbonyl (C=O) groups excluding carboxylic acids is 2. The van der Waals surface area contributed by atoms with Gasteiger partial charge in [0.2, 0.25) is 5.91 Å². The summed E-state index contributed by atoms with van der Waals surface area (Å²) in [5, 5.41) is 11.4. The van der Waals surface area contributed by atoms with Gasteiger partial charge in [-0.2, -0.15) is 0 Å². The molecule has 1 aromatic heterocycles. The van der Waals surface area contributed by atoms with Gasteiger partial charge in [-0.15, -0.1) is 11.3 Å². The normalized spacial score (nSPS) is 11.9. The van der Waals surface area contributed by atoms with E-state index >= 15 is 0 Å². The maximum atomic E-state index is 12.0. The Morgan fingerprint density at radius 2 is 2.10 bits per heavy atom. The van der Waals surface area contributed by atoms with E-state index < -0.39 is 23.8 Å². The maximum absolute atomic E-state index is 12.0. The summed E-state index contributed by atoms with van der Waals surface area (Å²) in [6, 6.07) is 0.657. The predicted molar refractivity (Wildman–Crippen MR) is 75.8 cm³/mol. The zero-order valence-electron chi connectivity index (χ0n) is 11.4. The number of nitrogens with one attached hydrogen (secondary N) is 1. The van der Waals surface area contributed by atoms with Crippen molar-refractivity contribution in [3.63, 3.8) is 0 Å². The molecule has 0 aliphatic carbocycles. The lowest BCUT2D eigenvalue weighted by molar-refractivity contribution is -0.139. The molecular formula is C13H18N2O4S. The molecule has 1 atom stereocenters. The number of carboxylic acids is 1. The average molecular weight is 298 g/mol. The molecule has 0 spiro atoms. The monoisotopic (exact) mass is 298 g/mol. The molecule has 1 heterocycles. The number of aliphatic carboxylic acids is 1. The molecule has 0 unspecified atom stereocenters. The zero-order valence-corrected chi connectivity index (χ0v) is 12.3. The number of hydrogen-bond acceptors (Lipinski definition) is 4. The summed E-state index contributed by atoms with van der Waals surface area (Å²) in [6.45, 7) is 3.91. The molecule has 2 amide bonds. The van der Waals surface area contributed by atoms with E-state index in [9.17, 15) is 14.4 Å². The summed E-state index contributed by atoms with van der Waals surface area (Å²) in [5.41, 5.74) is 6.05. The molecular weight excluding hydrogens is 280 g/mol. The lowest BCUT2D eigenvalue weighted by Gasteiger charge is -2.12. The third kappa shape index (κ3) is 4.34. The molecule has 7 heteroatoms. The Morgan fingerprint density at radius 3 is 2.55 bits per heavy atom. The van der Waals surface area contributed by atoms with Crippen LogP contribution in [0.25, 0.3) is 0 Å². The highest BCUT2D eigenvalue weighted by Gasteiger charge is 2.22. The van der Waals surface area contributed by atoms with Crippen LogP contribution in [-0.4, -0.2) is 28.9 Å². The molecule has 6 nitrogen and oxygen atoms in total. The Balaban J connectivity index is 2.74. The van der Waals surface area contributed by atoms with Crippen molar-refractivity contribution in [3.8, 4) is 0 Å². The van der Waals surface area contributed by atoms with Crippen LogP contribution in [0.5, 0.6) is 0 Å². The van der Waals surface area contributed by atoms with Gasteiger partial charge in [0.15, 0.2) is 0 Å². The number of aryl methyl sites for hydroxylation is 2. The Kier molecular flexibility index (Phi) is 5.69. The zero-order chi connectivity index (χ0) is 15.3. The highest BCUT2D eigenvalue weighted by atomic mass is 32.1. The van der Waals surface area contributed by atoms with Crippen LogP contribution in [0.2, 0.25) is 0 Å². The minimum absolute atomic E-state index is 0.0125. The van der Waals surface area contributed by atoms with E-state index in [0.717, 1.165) is 16.9 Å². The molecule has 0 aliphatic heterocycles. The van der Waals surface area contributed by atoms with E-state index in [1.807, 2.05) is 13.8 Å². The summed E-state index contributed by atoms with van der Waals surface area (Å²) in [7, 11) is 0. The second-order valence-corrected chi connectivity index (χ2v) is 5.67. The van der Waals surface area contributed by atoms with Crippen molar-refractivity contribution in [2.45, 2.75) is 39.2 Å². The van der Waals surface area contributed by atoms with E-state index in [1.165, 1.54) is 11.3 Å². The summed E-state index contributed by atoms with van der Waals surface area (Å²) >= 11 is 1.33. The molecule has 0 saturated carbocycles. The molecule has 0 radical (unpaired) electrons. The van der Waals surface area contributed by atoms with Crippen molar-refractivity contribution in [2.24, 2.45) is 5.73 Å². The topological polar surface area (TPSA) is 109 Å². The number of primary amides is 1. The van der Waals surface area contributed by atoms with Gasteiger partial charge in [0.25, 0.3) is 5.91 Å². The van der Waals surface area contributed by atoms with E-state index in [1.54, 1.807) is 6.07 Å². The molecule has 0 fully saturated rings. The van der Waals surface area contributed by atoms with Crippen LogP contribution in [0.3, 0.4) is 0 Å². The van der Waals surface area contributed by atoms with Gasteiger partial charge in [-0.25, -0.2) is 4.79 Å². The molecule has 0 aliphatic rings. The first-order valence-corrected chi connectivity index (χ1v) is 7.08. The third-order valence-electron chi connectivity index (χ3n) is 2.91. The molecule has 0 saturated heterocycles. The Hall–Kier alpha value is -1.89. The standard InChI is InChI=1S/C13H18N2O4S/c1-3-8-6-10(20-7(8)2)12(17)15-9(13(18)19)4-5-11(14)16/h6,9H,3-5H2,1-2H3,(H2,14,16)(H,15,17)(H,18,19)/t9-/m0/s1. The third-order valence-corrected chi connectivity index (χ3v) is 4.00. The van der Waals surface area contributed by atoms with Gasteiger partial charge in [-0.1, -0.05) is 6.92 Å². The largest absolute Gasteiger partial charge is 0.480 e. The first-order chi connectivity index (χ1) is 9.35. The van der Waals surface area contributed by atoms with E-state index in [0.29, 0.717) is 4.88 Å². The first kappa shape index (κ1) is 16.2. The van der Waals surface area contributed by atoms with Gasteiger partial charge in [0.1, 0.15) is 6.04 Å². The Labute approximate surface area is 121 Å². The SMILES string of the molecule is CCc1cc(C(=O)N[C@@H](CCC(N)=O)C(=O)O)sc1C. The minimum atomic E-state index is -1.18. The number of carboxylic acid groups (broad SMARTS) is 1. The number of nitrogens with two attached hydrogens (primary N) is 1. The van der Waals surface area contributed by atoms with Gasteiger partial charge in [0.05, 0.1) is 4.88 Å². The lowest BCUT2D eigenvalue weighted by atomic mass is 10.1. The van der Waals surface area contributed by atoms with E-state index in [2.05, 4.69) is 5.32 Å². The second kappa shape index (κ2) is 7.04. The number of carbonyl (C=O) groups is 3. The second-order valence-electron chi connectivity index (χ2n) is 4.41. The van der Waals surface area contributed by atoms with Crippen LogP contribution < -0.4 is 11.1 Å². The van der Waals surface area contributed by atoms with Gasteiger partial charge in [-0.3, -0.25) is 9.59 Å². The van der Waals surface area contributed by atoms with Crippen LogP contribution in [0, 0.1) is 6.92 Å². The highest BCUT2D eigenvalue weighted by Crippen LogP contribution is 2.22. The number of hydrogen-bond donors (Lipinski definition) is 3. The van der Waals surface area contributed by atoms with Crippen LogP contribution in [0.1, 0.15) is 39.9 Å². The van der Waals surface area contributed by atoms with Crippen molar-refractivity contribution in [2.75, 3.05) is 0 Å². The fraction of sp³-hybridized carbons (Fsp3) is 0.462. The lowest BCUT2D eigenvalue weighted by Crippen LogP contribution is -2.41. The fourth-order valence-electron chi connectivity index (χ4n) is 1.76. The van der Waals surface area contributed by atoms with Crippen molar-refractivity contribution in [3.05, 3.63) is 21.4 Å². The Bertz CT molecular complexity index is 524. The molecule has 110 valence electrons. The van der Waals surface area contributed by atoms with Crippen molar-refractivity contribution < 1.29 is 19.5 Å². The van der Waals surface area contributed by atoms with Gasteiger partial charge >= 0.3 is 5.97 Å². The summed E-state index contributed by atoms with van der Waals surface area (Å²) < 4.78 is 0. The quantitative estimate of drug-likeness (QED) is 0.699. The first-order valence-electron chi connectivity index (χ1n) is 6.26. The van der Waals surface area contributed by atoms with Gasteiger partial charge in [-0.05, 0) is 31.4 Å². The number of amides is 2. The van der Waals surface area contributed by atoms with Gasteiger partial charge in [0, 0.05) is 11.3 Å². The smallest absolute Gasteiger partial charge is 0.326 e. The van der Waals surface area contributed by atoms with Crippen LogP contribution in [0.4, 0.5) is 0 Å². The average Bonchev–Trinajstić information content (AvgIpc) is 2.75.